The molecule has 1 aliphatic heterocycles. The van der Waals surface area contributed by atoms with E-state index in [1.54, 1.807) is 12.0 Å². The predicted octanol–water partition coefficient (Wildman–Crippen LogP) is 1.06. The number of nitrogens with one attached hydrogen (secondary N) is 1. The van der Waals surface area contributed by atoms with Gasteiger partial charge in [0, 0.05) is 20.2 Å². The standard InChI is InChI=1S/C13H22N2O4/c1-19-11-5-3-2-4-10(11)14-13(18)15-7-6-9(8-15)12(16)17/h9-11H,2-8H2,1H3,(H,14,18)(H,16,17). The number of ether oxygens (including phenoxy) is 1. The van der Waals surface area contributed by atoms with E-state index in [1.807, 2.05) is 0 Å². The Morgan fingerprint density at radius 1 is 1.26 bits per heavy atom. The summed E-state index contributed by atoms with van der Waals surface area (Å²) in [6, 6.07) is -0.104. The maximum Gasteiger partial charge on any atom is 0.317 e. The van der Waals surface area contributed by atoms with Crippen molar-refractivity contribution in [2.45, 2.75) is 44.2 Å². The Morgan fingerprint density at radius 3 is 2.63 bits per heavy atom. The number of nitrogens with zero attached hydrogens (tertiary/aromatic N) is 1. The zero-order chi connectivity index (χ0) is 13.8. The lowest BCUT2D eigenvalue weighted by Crippen LogP contribution is -2.50. The lowest BCUT2D eigenvalue weighted by molar-refractivity contribution is -0.141. The largest absolute Gasteiger partial charge is 0.481 e. The molecule has 6 heteroatoms. The van der Waals surface area contributed by atoms with Crippen LogP contribution in [0.4, 0.5) is 4.79 Å². The molecule has 1 saturated carbocycles. The molecule has 0 aromatic heterocycles. The quantitative estimate of drug-likeness (QED) is 0.803. The molecule has 2 rings (SSSR count). The first kappa shape index (κ1) is 14.1. The van der Waals surface area contributed by atoms with Crippen LogP contribution in [0.15, 0.2) is 0 Å². The summed E-state index contributed by atoms with van der Waals surface area (Å²) in [7, 11) is 1.67. The van der Waals surface area contributed by atoms with E-state index < -0.39 is 11.9 Å². The third-order valence-corrected chi connectivity index (χ3v) is 4.14. The third kappa shape index (κ3) is 3.37. The number of carbonyl (C=O) groups excluding carboxylic acids is 1. The lowest BCUT2D eigenvalue weighted by atomic mass is 9.92. The number of carbonyl (C=O) groups is 2. The number of methoxy groups -OCH3 is 1. The molecule has 1 aliphatic carbocycles. The van der Waals surface area contributed by atoms with Crippen molar-refractivity contribution in [3.63, 3.8) is 0 Å². The minimum absolute atomic E-state index is 0.0510. The predicted molar refractivity (Wildman–Crippen MR) is 68.9 cm³/mol. The molecule has 1 heterocycles. The molecule has 1 saturated heterocycles. The molecule has 2 fully saturated rings. The van der Waals surface area contributed by atoms with Crippen molar-refractivity contribution >= 4 is 12.0 Å². The molecule has 2 aliphatic rings. The highest BCUT2D eigenvalue weighted by atomic mass is 16.5. The van der Waals surface area contributed by atoms with Crippen LogP contribution in [0.5, 0.6) is 0 Å². The van der Waals surface area contributed by atoms with Crippen LogP contribution in [-0.2, 0) is 9.53 Å². The number of hydrogen-bond acceptors (Lipinski definition) is 3. The Bertz CT molecular complexity index is 348. The van der Waals surface area contributed by atoms with Gasteiger partial charge in [0.25, 0.3) is 0 Å². The molecule has 0 spiro atoms. The van der Waals surface area contributed by atoms with Crippen LogP contribution in [0, 0.1) is 5.92 Å². The summed E-state index contributed by atoms with van der Waals surface area (Å²) < 4.78 is 5.40. The molecule has 19 heavy (non-hydrogen) atoms. The highest BCUT2D eigenvalue weighted by Gasteiger charge is 2.33. The van der Waals surface area contributed by atoms with Crippen LogP contribution in [0.3, 0.4) is 0 Å². The fraction of sp³-hybridized carbons (Fsp3) is 0.846. The summed E-state index contributed by atoms with van der Waals surface area (Å²) in [6.07, 6.45) is 4.76. The van der Waals surface area contributed by atoms with E-state index in [1.165, 1.54) is 0 Å². The number of likely N-dealkylation sites (tertiary alicyclic amines) is 1. The van der Waals surface area contributed by atoms with E-state index in [0.29, 0.717) is 19.5 Å². The first-order valence-corrected chi connectivity index (χ1v) is 6.93. The molecule has 0 aromatic rings. The van der Waals surface area contributed by atoms with E-state index in [2.05, 4.69) is 5.32 Å². The van der Waals surface area contributed by atoms with Crippen molar-refractivity contribution < 1.29 is 19.4 Å². The fourth-order valence-corrected chi connectivity index (χ4v) is 2.94. The third-order valence-electron chi connectivity index (χ3n) is 4.14. The zero-order valence-electron chi connectivity index (χ0n) is 11.3. The monoisotopic (exact) mass is 270 g/mol. The van der Waals surface area contributed by atoms with E-state index in [9.17, 15) is 9.59 Å². The van der Waals surface area contributed by atoms with Gasteiger partial charge in [-0.1, -0.05) is 12.8 Å². The number of hydrogen-bond donors (Lipinski definition) is 2. The fourth-order valence-electron chi connectivity index (χ4n) is 2.94. The maximum atomic E-state index is 12.1. The molecule has 2 N–H and O–H groups in total. The summed E-state index contributed by atoms with van der Waals surface area (Å²) in [4.78, 5) is 24.6. The van der Waals surface area contributed by atoms with Gasteiger partial charge in [-0.2, -0.15) is 0 Å². The van der Waals surface area contributed by atoms with Crippen LogP contribution in [0.1, 0.15) is 32.1 Å². The average molecular weight is 270 g/mol. The molecule has 3 unspecified atom stereocenters. The molecule has 3 atom stereocenters. The van der Waals surface area contributed by atoms with Gasteiger partial charge in [0.05, 0.1) is 18.1 Å². The Morgan fingerprint density at radius 2 is 2.00 bits per heavy atom. The van der Waals surface area contributed by atoms with Crippen molar-refractivity contribution in [1.29, 1.82) is 0 Å². The van der Waals surface area contributed by atoms with Crippen molar-refractivity contribution in [2.24, 2.45) is 5.92 Å². The Balaban J connectivity index is 1.85. The summed E-state index contributed by atoms with van der Waals surface area (Å²) in [5.74, 6) is -1.24. The van der Waals surface area contributed by atoms with Crippen molar-refractivity contribution in [3.05, 3.63) is 0 Å². The van der Waals surface area contributed by atoms with Gasteiger partial charge in [0.15, 0.2) is 0 Å². The molecule has 6 nitrogen and oxygen atoms in total. The molecule has 0 radical (unpaired) electrons. The van der Waals surface area contributed by atoms with E-state index in [4.69, 9.17) is 9.84 Å². The molecule has 0 bridgehead atoms. The second-order valence-electron chi connectivity index (χ2n) is 5.38. The smallest absolute Gasteiger partial charge is 0.317 e. The Hall–Kier alpha value is -1.30. The SMILES string of the molecule is COC1CCCCC1NC(=O)N1CCC(C(=O)O)C1. The molecular formula is C13H22N2O4. The van der Waals surface area contributed by atoms with Crippen molar-refractivity contribution in [1.82, 2.24) is 10.2 Å². The number of carboxylic acid groups (broad SMARTS) is 1. The van der Waals surface area contributed by atoms with E-state index >= 15 is 0 Å². The van der Waals surface area contributed by atoms with Crippen molar-refractivity contribution in [2.75, 3.05) is 20.2 Å². The van der Waals surface area contributed by atoms with Gasteiger partial charge in [-0.05, 0) is 19.3 Å². The molecule has 108 valence electrons. The second-order valence-corrected chi connectivity index (χ2v) is 5.38. The Labute approximate surface area is 113 Å². The maximum absolute atomic E-state index is 12.1. The Kier molecular flexibility index (Phi) is 4.63. The van der Waals surface area contributed by atoms with Gasteiger partial charge in [-0.15, -0.1) is 0 Å². The van der Waals surface area contributed by atoms with Gasteiger partial charge in [0.1, 0.15) is 0 Å². The first-order chi connectivity index (χ1) is 9.11. The number of urea groups is 1. The first-order valence-electron chi connectivity index (χ1n) is 6.93. The van der Waals surface area contributed by atoms with Crippen molar-refractivity contribution in [3.8, 4) is 0 Å². The number of rotatable bonds is 3. The normalized spacial score (nSPS) is 31.2. The van der Waals surface area contributed by atoms with Crippen LogP contribution in [0.25, 0.3) is 0 Å². The van der Waals surface area contributed by atoms with Gasteiger partial charge in [-0.3, -0.25) is 4.79 Å². The van der Waals surface area contributed by atoms with Crippen LogP contribution < -0.4 is 5.32 Å². The molecular weight excluding hydrogens is 248 g/mol. The number of carboxylic acids is 1. The lowest BCUT2D eigenvalue weighted by Gasteiger charge is -2.32. The zero-order valence-corrected chi connectivity index (χ0v) is 11.3. The van der Waals surface area contributed by atoms with Gasteiger partial charge in [-0.25, -0.2) is 4.79 Å². The summed E-state index contributed by atoms with van der Waals surface area (Å²) in [5.41, 5.74) is 0. The van der Waals surface area contributed by atoms with Gasteiger partial charge >= 0.3 is 12.0 Å². The second kappa shape index (κ2) is 6.23. The van der Waals surface area contributed by atoms with E-state index in [0.717, 1.165) is 25.7 Å². The highest BCUT2D eigenvalue weighted by molar-refractivity contribution is 5.77. The average Bonchev–Trinajstić information content (AvgIpc) is 2.89. The number of aliphatic carboxylic acids is 1. The minimum Gasteiger partial charge on any atom is -0.481 e. The van der Waals surface area contributed by atoms with Crippen LogP contribution in [0.2, 0.25) is 0 Å². The topological polar surface area (TPSA) is 78.9 Å². The van der Waals surface area contributed by atoms with Gasteiger partial charge in [0.2, 0.25) is 0 Å². The number of amides is 2. The summed E-state index contributed by atoms with van der Waals surface area (Å²) >= 11 is 0. The highest BCUT2D eigenvalue weighted by Crippen LogP contribution is 2.22. The molecule has 0 aromatic carbocycles. The van der Waals surface area contributed by atoms with Gasteiger partial charge < -0.3 is 20.1 Å². The molecule has 2 amide bonds. The van der Waals surface area contributed by atoms with Crippen LogP contribution in [-0.4, -0.2) is 54.4 Å². The minimum atomic E-state index is -0.817. The van der Waals surface area contributed by atoms with E-state index in [-0.39, 0.29) is 18.2 Å². The summed E-state index contributed by atoms with van der Waals surface area (Å²) in [6.45, 7) is 0.832. The summed E-state index contributed by atoms with van der Waals surface area (Å²) in [5, 5.41) is 11.9. The van der Waals surface area contributed by atoms with Crippen LogP contribution >= 0.6 is 0 Å².